The van der Waals surface area contributed by atoms with Gasteiger partial charge in [-0.05, 0) is 49.2 Å². The van der Waals surface area contributed by atoms with Crippen LogP contribution in [0.3, 0.4) is 0 Å². The van der Waals surface area contributed by atoms with Crippen LogP contribution in [0.15, 0.2) is 54.6 Å². The number of nitrogens with zero attached hydrogens (tertiary/aromatic N) is 1. The highest BCUT2D eigenvalue weighted by Gasteiger charge is 2.09. The van der Waals surface area contributed by atoms with Gasteiger partial charge in [-0.15, -0.1) is 0 Å². The molecule has 4 heteroatoms. The number of para-hydroxylation sites is 1. The Morgan fingerprint density at radius 1 is 0.759 bits per heavy atom. The molecule has 0 aliphatic heterocycles. The van der Waals surface area contributed by atoms with E-state index in [-0.39, 0.29) is 0 Å². The Bertz CT molecular complexity index is 685. The van der Waals surface area contributed by atoms with Crippen LogP contribution in [-0.4, -0.2) is 24.7 Å². The van der Waals surface area contributed by atoms with Crippen molar-refractivity contribution in [2.45, 2.75) is 64.2 Å². The number of rotatable bonds is 15. The van der Waals surface area contributed by atoms with Gasteiger partial charge in [0, 0.05) is 24.3 Å². The van der Waals surface area contributed by atoms with Crippen molar-refractivity contribution in [3.05, 3.63) is 54.6 Å². The molecule has 1 N–H and O–H groups in total. The number of carbonyl (C=O) groups is 1. The molecule has 0 aromatic heterocycles. The van der Waals surface area contributed by atoms with E-state index in [0.29, 0.717) is 6.42 Å². The molecule has 158 valence electrons. The van der Waals surface area contributed by atoms with E-state index in [1.807, 2.05) is 12.1 Å². The highest BCUT2D eigenvalue weighted by atomic mass is 16.5. The van der Waals surface area contributed by atoms with Crippen LogP contribution < -0.4 is 9.64 Å². The number of benzene rings is 2. The fraction of sp³-hybridized carbons (Fsp3) is 0.480. The molecule has 2 aromatic carbocycles. The van der Waals surface area contributed by atoms with Crippen molar-refractivity contribution in [2.75, 3.05) is 18.6 Å². The summed E-state index contributed by atoms with van der Waals surface area (Å²) in [4.78, 5) is 12.9. The van der Waals surface area contributed by atoms with Crippen molar-refractivity contribution in [3.63, 3.8) is 0 Å². The summed E-state index contributed by atoms with van der Waals surface area (Å²) in [6.45, 7) is 1.01. The lowest BCUT2D eigenvalue weighted by molar-refractivity contribution is -0.137. The molecule has 0 amide bonds. The first-order chi connectivity index (χ1) is 14.2. The van der Waals surface area contributed by atoms with Crippen LogP contribution in [0.1, 0.15) is 64.2 Å². The number of hydrogen-bond donors (Lipinski definition) is 1. The first-order valence-electron chi connectivity index (χ1n) is 10.9. The molecule has 4 nitrogen and oxygen atoms in total. The summed E-state index contributed by atoms with van der Waals surface area (Å²) in [6, 6.07) is 18.8. The maximum absolute atomic E-state index is 10.5. The maximum Gasteiger partial charge on any atom is 0.303 e. The number of ether oxygens (including phenoxy) is 1. The van der Waals surface area contributed by atoms with Crippen molar-refractivity contribution >= 4 is 17.3 Å². The Kier molecular flexibility index (Phi) is 10.7. The molecule has 2 rings (SSSR count). The summed E-state index contributed by atoms with van der Waals surface area (Å²) in [5.41, 5.74) is 2.41. The second-order valence-corrected chi connectivity index (χ2v) is 7.51. The van der Waals surface area contributed by atoms with Crippen molar-refractivity contribution in [2.24, 2.45) is 0 Å². The number of carboxylic acids is 1. The van der Waals surface area contributed by atoms with Gasteiger partial charge in [-0.3, -0.25) is 4.79 Å². The molecule has 0 saturated carbocycles. The number of carboxylic acid groups (broad SMARTS) is 1. The van der Waals surface area contributed by atoms with Gasteiger partial charge < -0.3 is 14.7 Å². The molecule has 0 aliphatic rings. The third-order valence-corrected chi connectivity index (χ3v) is 5.22. The lowest BCUT2D eigenvalue weighted by Gasteiger charge is -2.25. The lowest BCUT2D eigenvalue weighted by Crippen LogP contribution is -2.18. The summed E-state index contributed by atoms with van der Waals surface area (Å²) in [7, 11) is 1.69. The predicted molar refractivity (Wildman–Crippen MR) is 120 cm³/mol. The molecular weight excluding hydrogens is 362 g/mol. The zero-order valence-corrected chi connectivity index (χ0v) is 17.7. The second-order valence-electron chi connectivity index (χ2n) is 7.51. The first-order valence-corrected chi connectivity index (χ1v) is 10.9. The molecule has 0 atom stereocenters. The van der Waals surface area contributed by atoms with Crippen molar-refractivity contribution < 1.29 is 14.6 Å². The molecule has 0 aliphatic carbocycles. The molecule has 0 unspecified atom stereocenters. The summed E-state index contributed by atoms with van der Waals surface area (Å²) in [5.74, 6) is 0.203. The molecule has 2 aromatic rings. The molecule has 0 bridgehead atoms. The van der Waals surface area contributed by atoms with Crippen LogP contribution in [0.4, 0.5) is 11.4 Å². The van der Waals surface area contributed by atoms with E-state index in [4.69, 9.17) is 9.84 Å². The number of anilines is 2. The molecule has 29 heavy (non-hydrogen) atoms. The lowest BCUT2D eigenvalue weighted by atomic mass is 10.1. The fourth-order valence-corrected chi connectivity index (χ4v) is 3.56. The Morgan fingerprint density at radius 2 is 1.28 bits per heavy atom. The van der Waals surface area contributed by atoms with Gasteiger partial charge in [-0.2, -0.15) is 0 Å². The zero-order chi connectivity index (χ0) is 20.7. The van der Waals surface area contributed by atoms with Crippen molar-refractivity contribution in [1.82, 2.24) is 0 Å². The van der Waals surface area contributed by atoms with E-state index in [9.17, 15) is 4.79 Å². The zero-order valence-electron chi connectivity index (χ0n) is 17.7. The minimum Gasteiger partial charge on any atom is -0.497 e. The normalized spacial score (nSPS) is 10.7. The summed E-state index contributed by atoms with van der Waals surface area (Å²) in [6.07, 6.45) is 10.7. The molecule has 0 spiro atoms. The van der Waals surface area contributed by atoms with Crippen LogP contribution in [0.25, 0.3) is 0 Å². The number of hydrogen-bond acceptors (Lipinski definition) is 3. The topological polar surface area (TPSA) is 49.8 Å². The molecule has 0 heterocycles. The van der Waals surface area contributed by atoms with Crippen LogP contribution in [0.5, 0.6) is 5.75 Å². The molecule has 0 fully saturated rings. The second kappa shape index (κ2) is 13.6. The summed E-state index contributed by atoms with van der Waals surface area (Å²) >= 11 is 0. The number of unbranched alkanes of at least 4 members (excludes halogenated alkanes) is 8. The summed E-state index contributed by atoms with van der Waals surface area (Å²) in [5, 5.41) is 8.64. The smallest absolute Gasteiger partial charge is 0.303 e. The van der Waals surface area contributed by atoms with Gasteiger partial charge in [0.1, 0.15) is 5.75 Å². The van der Waals surface area contributed by atoms with E-state index >= 15 is 0 Å². The third kappa shape index (κ3) is 9.03. The van der Waals surface area contributed by atoms with E-state index in [1.54, 1.807) is 7.11 Å². The number of aliphatic carboxylic acids is 1. The Labute approximate surface area is 175 Å². The quantitative estimate of drug-likeness (QED) is 0.335. The third-order valence-electron chi connectivity index (χ3n) is 5.22. The van der Waals surface area contributed by atoms with Gasteiger partial charge in [0.05, 0.1) is 7.11 Å². The van der Waals surface area contributed by atoms with Gasteiger partial charge in [0.25, 0.3) is 0 Å². The van der Waals surface area contributed by atoms with E-state index in [0.717, 1.165) is 31.6 Å². The van der Waals surface area contributed by atoms with Gasteiger partial charge in [-0.25, -0.2) is 0 Å². The van der Waals surface area contributed by atoms with Crippen LogP contribution >= 0.6 is 0 Å². The monoisotopic (exact) mass is 397 g/mol. The number of methoxy groups -OCH3 is 1. The van der Waals surface area contributed by atoms with Crippen molar-refractivity contribution in [1.29, 1.82) is 0 Å². The highest BCUT2D eigenvalue weighted by Crippen LogP contribution is 2.27. The Hall–Kier alpha value is -2.49. The van der Waals surface area contributed by atoms with Gasteiger partial charge in [-0.1, -0.05) is 63.1 Å². The average Bonchev–Trinajstić information content (AvgIpc) is 2.75. The van der Waals surface area contributed by atoms with E-state index in [1.165, 1.54) is 49.9 Å². The highest BCUT2D eigenvalue weighted by molar-refractivity contribution is 5.66. The average molecular weight is 398 g/mol. The Balaban J connectivity index is 1.69. The van der Waals surface area contributed by atoms with Gasteiger partial charge in [0.2, 0.25) is 0 Å². The maximum atomic E-state index is 10.5. The van der Waals surface area contributed by atoms with Gasteiger partial charge >= 0.3 is 5.97 Å². The predicted octanol–water partition coefficient (Wildman–Crippen LogP) is 6.82. The van der Waals surface area contributed by atoms with Gasteiger partial charge in [0.15, 0.2) is 0 Å². The van der Waals surface area contributed by atoms with E-state index < -0.39 is 5.97 Å². The van der Waals surface area contributed by atoms with Crippen molar-refractivity contribution in [3.8, 4) is 5.75 Å². The van der Waals surface area contributed by atoms with Crippen LogP contribution in [0, 0.1) is 0 Å². The minimum atomic E-state index is -0.677. The minimum absolute atomic E-state index is 0.312. The largest absolute Gasteiger partial charge is 0.497 e. The molecular formula is C25H35NO3. The summed E-state index contributed by atoms with van der Waals surface area (Å²) < 4.78 is 5.29. The SMILES string of the molecule is COc1ccc(N(CCCCCCCCCCCC(=O)O)c2ccccc2)cc1. The molecule has 0 radical (unpaired) electrons. The Morgan fingerprint density at radius 3 is 1.83 bits per heavy atom. The standard InChI is InChI=1S/C25H35NO3/c1-29-24-19-17-23(18-20-24)26(22-14-10-9-11-15-22)21-13-8-6-4-2-3-5-7-12-16-25(27)28/h9-11,14-15,17-20H,2-8,12-13,16,21H2,1H3,(H,27,28). The van der Waals surface area contributed by atoms with E-state index in [2.05, 4.69) is 47.4 Å². The van der Waals surface area contributed by atoms with Crippen LogP contribution in [-0.2, 0) is 4.79 Å². The first kappa shape index (κ1) is 22.8. The molecule has 0 saturated heterocycles. The van der Waals surface area contributed by atoms with Crippen LogP contribution in [0.2, 0.25) is 0 Å². The fourth-order valence-electron chi connectivity index (χ4n) is 3.56.